The van der Waals surface area contributed by atoms with Gasteiger partial charge in [0.15, 0.2) is 0 Å². The second kappa shape index (κ2) is 6.13. The molecule has 1 rings (SSSR count). The zero-order valence-corrected chi connectivity index (χ0v) is 13.4. The van der Waals surface area contributed by atoms with E-state index in [-0.39, 0.29) is 10.5 Å². The maximum atomic E-state index is 12.3. The van der Waals surface area contributed by atoms with Crippen LogP contribution in [0.5, 0.6) is 0 Å². The molecule has 21 heavy (non-hydrogen) atoms. The van der Waals surface area contributed by atoms with Gasteiger partial charge >= 0.3 is 5.97 Å². The van der Waals surface area contributed by atoms with E-state index in [9.17, 15) is 18.3 Å². The maximum Gasteiger partial charge on any atom is 0.336 e. The Kier molecular flexibility index (Phi) is 5.14. The summed E-state index contributed by atoms with van der Waals surface area (Å²) < 4.78 is 27.0. The molecule has 7 heteroatoms. The van der Waals surface area contributed by atoms with Crippen molar-refractivity contribution in [3.8, 4) is 0 Å². The Morgan fingerprint density at radius 1 is 1.38 bits per heavy atom. The van der Waals surface area contributed by atoms with Crippen LogP contribution in [0.3, 0.4) is 0 Å². The first-order chi connectivity index (χ1) is 9.51. The Balaban J connectivity index is 3.27. The number of aryl methyl sites for hydroxylation is 1. The van der Waals surface area contributed by atoms with Gasteiger partial charge < -0.3 is 10.2 Å². The number of nitrogens with one attached hydrogen (secondary N) is 1. The maximum absolute atomic E-state index is 12.3. The molecule has 0 heterocycles. The van der Waals surface area contributed by atoms with Crippen LogP contribution in [0.25, 0.3) is 0 Å². The van der Waals surface area contributed by atoms with Crippen molar-refractivity contribution in [2.75, 3.05) is 0 Å². The predicted octanol–water partition coefficient (Wildman–Crippen LogP) is 1.38. The van der Waals surface area contributed by atoms with Crippen LogP contribution < -0.4 is 4.72 Å². The number of carbonyl (C=O) groups is 1. The number of carboxylic acid groups (broad SMARTS) is 1. The summed E-state index contributed by atoms with van der Waals surface area (Å²) in [7, 11) is -3.92. The van der Waals surface area contributed by atoms with Crippen molar-refractivity contribution in [2.24, 2.45) is 0 Å². The molecule has 1 aromatic rings. The van der Waals surface area contributed by atoms with Gasteiger partial charge in [0.05, 0.1) is 22.1 Å². The smallest absolute Gasteiger partial charge is 0.336 e. The Hall–Kier alpha value is -1.44. The number of aliphatic hydroxyl groups is 1. The third-order valence-electron chi connectivity index (χ3n) is 3.44. The van der Waals surface area contributed by atoms with Crippen LogP contribution in [-0.2, 0) is 16.4 Å². The highest BCUT2D eigenvalue weighted by molar-refractivity contribution is 7.89. The zero-order chi connectivity index (χ0) is 16.4. The highest BCUT2D eigenvalue weighted by atomic mass is 32.2. The zero-order valence-electron chi connectivity index (χ0n) is 12.5. The fourth-order valence-corrected chi connectivity index (χ4v) is 3.22. The van der Waals surface area contributed by atoms with E-state index in [0.29, 0.717) is 12.0 Å². The number of aliphatic hydroxyl groups excluding tert-OH is 1. The number of aromatic carboxylic acids is 1. The SMILES string of the molecule is CCc1ccc(S(=O)(=O)NC(C)(C)C(C)O)cc1C(=O)O. The predicted molar refractivity (Wildman–Crippen MR) is 78.9 cm³/mol. The molecule has 0 amide bonds. The van der Waals surface area contributed by atoms with Gasteiger partial charge in [0.1, 0.15) is 0 Å². The Bertz CT molecular complexity index is 635. The van der Waals surface area contributed by atoms with Crippen molar-refractivity contribution < 1.29 is 23.4 Å². The lowest BCUT2D eigenvalue weighted by Crippen LogP contribution is -2.50. The average Bonchev–Trinajstić information content (AvgIpc) is 2.36. The van der Waals surface area contributed by atoms with E-state index in [0.717, 1.165) is 6.07 Å². The molecule has 0 saturated carbocycles. The van der Waals surface area contributed by atoms with Gasteiger partial charge in [0.25, 0.3) is 0 Å². The summed E-state index contributed by atoms with van der Waals surface area (Å²) in [6, 6.07) is 4.00. The van der Waals surface area contributed by atoms with Gasteiger partial charge in [0, 0.05) is 0 Å². The third-order valence-corrected chi connectivity index (χ3v) is 5.11. The van der Waals surface area contributed by atoms with Crippen molar-refractivity contribution in [1.29, 1.82) is 0 Å². The van der Waals surface area contributed by atoms with E-state index in [1.54, 1.807) is 20.8 Å². The lowest BCUT2D eigenvalue weighted by Gasteiger charge is -2.29. The highest BCUT2D eigenvalue weighted by Crippen LogP contribution is 2.20. The van der Waals surface area contributed by atoms with Crippen molar-refractivity contribution in [1.82, 2.24) is 4.72 Å². The summed E-state index contributed by atoms with van der Waals surface area (Å²) >= 11 is 0. The van der Waals surface area contributed by atoms with Crippen molar-refractivity contribution in [3.05, 3.63) is 29.3 Å². The lowest BCUT2D eigenvalue weighted by atomic mass is 10.0. The minimum atomic E-state index is -3.92. The number of carboxylic acids is 1. The summed E-state index contributed by atoms with van der Waals surface area (Å²) in [5.74, 6) is -1.17. The molecule has 1 unspecified atom stereocenters. The van der Waals surface area contributed by atoms with E-state index < -0.39 is 27.6 Å². The average molecular weight is 315 g/mol. The van der Waals surface area contributed by atoms with E-state index in [4.69, 9.17) is 5.11 Å². The molecule has 0 aliphatic rings. The molecule has 0 fully saturated rings. The van der Waals surface area contributed by atoms with E-state index in [1.165, 1.54) is 19.1 Å². The molecule has 0 spiro atoms. The molecule has 1 atom stereocenters. The molecule has 0 saturated heterocycles. The molecule has 3 N–H and O–H groups in total. The van der Waals surface area contributed by atoms with Crippen LogP contribution in [0.1, 0.15) is 43.6 Å². The van der Waals surface area contributed by atoms with Gasteiger partial charge in [-0.25, -0.2) is 17.9 Å². The highest BCUT2D eigenvalue weighted by Gasteiger charge is 2.31. The Labute approximate surface area is 124 Å². The molecule has 6 nitrogen and oxygen atoms in total. The van der Waals surface area contributed by atoms with Gasteiger partial charge in [-0.3, -0.25) is 0 Å². The lowest BCUT2D eigenvalue weighted by molar-refractivity contribution is 0.0695. The number of hydrogen-bond acceptors (Lipinski definition) is 4. The number of benzene rings is 1. The van der Waals surface area contributed by atoms with Crippen LogP contribution >= 0.6 is 0 Å². The van der Waals surface area contributed by atoms with E-state index >= 15 is 0 Å². The minimum Gasteiger partial charge on any atom is -0.478 e. The first kappa shape index (κ1) is 17.6. The number of sulfonamides is 1. The standard InChI is InChI=1S/C14H21NO5S/c1-5-10-6-7-11(8-12(10)13(17)18)21(19,20)15-14(3,4)9(2)16/h6-9,15-16H,5H2,1-4H3,(H,17,18). The number of hydrogen-bond donors (Lipinski definition) is 3. The first-order valence-electron chi connectivity index (χ1n) is 6.59. The summed E-state index contributed by atoms with van der Waals surface area (Å²) in [4.78, 5) is 11.1. The van der Waals surface area contributed by atoms with Crippen LogP contribution in [-0.4, -0.2) is 36.2 Å². The summed E-state index contributed by atoms with van der Waals surface area (Å²) in [6.07, 6.45) is -0.407. The van der Waals surface area contributed by atoms with Gasteiger partial charge in [-0.05, 0) is 44.9 Å². The van der Waals surface area contributed by atoms with Crippen LogP contribution in [0.4, 0.5) is 0 Å². The van der Waals surface area contributed by atoms with E-state index in [2.05, 4.69) is 4.72 Å². The topological polar surface area (TPSA) is 104 Å². The van der Waals surface area contributed by atoms with Gasteiger partial charge in [-0.2, -0.15) is 0 Å². The second-order valence-electron chi connectivity index (χ2n) is 5.48. The molecule has 118 valence electrons. The summed E-state index contributed by atoms with van der Waals surface area (Å²) in [5.41, 5.74) is -0.530. The fourth-order valence-electron chi connectivity index (χ4n) is 1.72. The second-order valence-corrected chi connectivity index (χ2v) is 7.16. The van der Waals surface area contributed by atoms with Gasteiger partial charge in [0.2, 0.25) is 10.0 Å². The molecular weight excluding hydrogens is 294 g/mol. The quantitative estimate of drug-likeness (QED) is 0.736. The normalized spacial score (nSPS) is 14.0. The van der Waals surface area contributed by atoms with Crippen LogP contribution in [0.15, 0.2) is 23.1 Å². The Morgan fingerprint density at radius 3 is 2.38 bits per heavy atom. The monoisotopic (exact) mass is 315 g/mol. The van der Waals surface area contributed by atoms with Crippen LogP contribution in [0, 0.1) is 0 Å². The third kappa shape index (κ3) is 4.03. The molecule has 0 bridgehead atoms. The summed E-state index contributed by atoms with van der Waals surface area (Å²) in [5, 5.41) is 18.7. The van der Waals surface area contributed by atoms with Gasteiger partial charge in [-0.1, -0.05) is 13.0 Å². The Morgan fingerprint density at radius 2 is 1.95 bits per heavy atom. The fraction of sp³-hybridized carbons (Fsp3) is 0.500. The summed E-state index contributed by atoms with van der Waals surface area (Å²) in [6.45, 7) is 6.37. The van der Waals surface area contributed by atoms with Crippen LogP contribution in [0.2, 0.25) is 0 Å². The largest absolute Gasteiger partial charge is 0.478 e. The van der Waals surface area contributed by atoms with Crippen molar-refractivity contribution in [3.63, 3.8) is 0 Å². The molecular formula is C14H21NO5S. The molecule has 0 aromatic heterocycles. The van der Waals surface area contributed by atoms with Crippen molar-refractivity contribution in [2.45, 2.75) is 50.7 Å². The molecule has 0 radical (unpaired) electrons. The molecule has 0 aliphatic heterocycles. The first-order valence-corrected chi connectivity index (χ1v) is 8.08. The van der Waals surface area contributed by atoms with E-state index in [1.807, 2.05) is 0 Å². The molecule has 1 aromatic carbocycles. The van der Waals surface area contributed by atoms with Crippen molar-refractivity contribution >= 4 is 16.0 Å². The minimum absolute atomic E-state index is 0.0322. The molecule has 0 aliphatic carbocycles. The van der Waals surface area contributed by atoms with Gasteiger partial charge in [-0.15, -0.1) is 0 Å². The number of rotatable bonds is 6.